The molecule has 1 aromatic carbocycles. The first-order chi connectivity index (χ1) is 8.09. The highest BCUT2D eigenvalue weighted by atomic mass is 16.4. The summed E-state index contributed by atoms with van der Waals surface area (Å²) in [5, 5.41) is 14.0. The Morgan fingerprint density at radius 3 is 2.59 bits per heavy atom. The summed E-state index contributed by atoms with van der Waals surface area (Å²) in [4.78, 5) is 22.3. The molecule has 90 valence electrons. The summed E-state index contributed by atoms with van der Waals surface area (Å²) in [7, 11) is 0. The van der Waals surface area contributed by atoms with E-state index in [-0.39, 0.29) is 17.9 Å². The molecule has 1 aromatic rings. The van der Waals surface area contributed by atoms with E-state index in [2.05, 4.69) is 10.6 Å². The van der Waals surface area contributed by atoms with Crippen LogP contribution >= 0.6 is 0 Å². The number of rotatable bonds is 2. The largest absolute Gasteiger partial charge is 0.465 e. The van der Waals surface area contributed by atoms with Crippen LogP contribution in [0.5, 0.6) is 0 Å². The third-order valence-electron chi connectivity index (χ3n) is 3.06. The number of hydrogen-bond acceptors (Lipinski definition) is 2. The van der Waals surface area contributed by atoms with Crippen molar-refractivity contribution < 1.29 is 14.7 Å². The highest BCUT2D eigenvalue weighted by Gasteiger charge is 2.40. The maximum absolute atomic E-state index is 11.6. The number of benzene rings is 1. The number of carbonyl (C=O) groups is 2. The van der Waals surface area contributed by atoms with E-state index >= 15 is 0 Å². The maximum atomic E-state index is 11.6. The van der Waals surface area contributed by atoms with Crippen LogP contribution in [0.25, 0.3) is 0 Å². The predicted octanol–water partition coefficient (Wildman–Crippen LogP) is 1.13. The molecule has 5 nitrogen and oxygen atoms in total. The average molecular weight is 234 g/mol. The fraction of sp³-hybridized carbons (Fsp3) is 0.333. The molecule has 3 N–H and O–H groups in total. The average Bonchev–Trinajstić information content (AvgIpc) is 2.58. The Hall–Kier alpha value is -2.04. The van der Waals surface area contributed by atoms with E-state index in [9.17, 15) is 9.59 Å². The molecular weight excluding hydrogens is 220 g/mol. The van der Waals surface area contributed by atoms with Crippen LogP contribution in [0.2, 0.25) is 0 Å². The molecule has 0 radical (unpaired) electrons. The molecule has 1 saturated heterocycles. The fourth-order valence-corrected chi connectivity index (χ4v) is 2.13. The fourth-order valence-electron chi connectivity index (χ4n) is 2.13. The molecule has 3 atom stereocenters. The van der Waals surface area contributed by atoms with E-state index < -0.39 is 12.1 Å². The van der Waals surface area contributed by atoms with Gasteiger partial charge in [-0.15, -0.1) is 0 Å². The molecule has 0 saturated carbocycles. The van der Waals surface area contributed by atoms with Gasteiger partial charge in [0, 0.05) is 0 Å². The molecule has 0 aliphatic carbocycles. The zero-order valence-electron chi connectivity index (χ0n) is 9.38. The summed E-state index contributed by atoms with van der Waals surface area (Å²) < 4.78 is 0. The zero-order valence-corrected chi connectivity index (χ0v) is 9.38. The Bertz CT molecular complexity index is 433. The van der Waals surface area contributed by atoms with Crippen molar-refractivity contribution in [1.29, 1.82) is 0 Å². The zero-order chi connectivity index (χ0) is 12.4. The predicted molar refractivity (Wildman–Crippen MR) is 61.4 cm³/mol. The highest BCUT2D eigenvalue weighted by Crippen LogP contribution is 2.28. The van der Waals surface area contributed by atoms with E-state index in [0.717, 1.165) is 5.56 Å². The van der Waals surface area contributed by atoms with Gasteiger partial charge >= 0.3 is 6.09 Å². The van der Waals surface area contributed by atoms with Gasteiger partial charge in [-0.1, -0.05) is 37.3 Å². The molecule has 0 spiro atoms. The Labute approximate surface area is 98.8 Å². The van der Waals surface area contributed by atoms with Crippen molar-refractivity contribution in [3.8, 4) is 0 Å². The Morgan fingerprint density at radius 2 is 2.00 bits per heavy atom. The number of carbonyl (C=O) groups excluding carboxylic acids is 1. The molecule has 1 aliphatic heterocycles. The Balaban J connectivity index is 2.26. The molecule has 1 fully saturated rings. The molecule has 2 amide bonds. The number of carboxylic acid groups (broad SMARTS) is 1. The molecule has 0 unspecified atom stereocenters. The quantitative estimate of drug-likeness (QED) is 0.717. The second kappa shape index (κ2) is 4.45. The normalized spacial score (nSPS) is 27.6. The Morgan fingerprint density at radius 1 is 1.35 bits per heavy atom. The maximum Gasteiger partial charge on any atom is 0.404 e. The lowest BCUT2D eigenvalue weighted by Crippen LogP contribution is -2.40. The Kier molecular flexibility index (Phi) is 2.99. The van der Waals surface area contributed by atoms with Crippen LogP contribution in [0.15, 0.2) is 30.3 Å². The van der Waals surface area contributed by atoms with Gasteiger partial charge in [0.15, 0.2) is 0 Å². The van der Waals surface area contributed by atoms with Crippen LogP contribution in [0.3, 0.4) is 0 Å². The van der Waals surface area contributed by atoms with Gasteiger partial charge in [0.05, 0.1) is 18.0 Å². The minimum absolute atomic E-state index is 0.127. The van der Waals surface area contributed by atoms with Crippen molar-refractivity contribution in [2.24, 2.45) is 5.92 Å². The van der Waals surface area contributed by atoms with E-state index in [1.54, 1.807) is 6.92 Å². The monoisotopic (exact) mass is 234 g/mol. The number of amides is 2. The lowest BCUT2D eigenvalue weighted by Gasteiger charge is -2.21. The van der Waals surface area contributed by atoms with Crippen LogP contribution in [-0.2, 0) is 4.79 Å². The molecule has 5 heteroatoms. The van der Waals surface area contributed by atoms with E-state index in [1.165, 1.54) is 0 Å². The van der Waals surface area contributed by atoms with Gasteiger partial charge in [-0.3, -0.25) is 4.79 Å². The first kappa shape index (κ1) is 11.4. The summed E-state index contributed by atoms with van der Waals surface area (Å²) in [6.45, 7) is 1.72. The van der Waals surface area contributed by atoms with Gasteiger partial charge in [0.2, 0.25) is 5.91 Å². The van der Waals surface area contributed by atoms with Gasteiger partial charge in [-0.25, -0.2) is 4.79 Å². The third kappa shape index (κ3) is 2.22. The summed E-state index contributed by atoms with van der Waals surface area (Å²) in [6.07, 6.45) is -1.11. The summed E-state index contributed by atoms with van der Waals surface area (Å²) >= 11 is 0. The standard InChI is InChI=1S/C12H14N2O3/c1-7-9(14-12(16)17)10(13-11(7)15)8-5-3-2-4-6-8/h2-7,9-10,14H,1H3,(H,13,15)(H,16,17)/t7-,9-,10+/m0/s1. The topological polar surface area (TPSA) is 78.4 Å². The molecular formula is C12H14N2O3. The van der Waals surface area contributed by atoms with Crippen molar-refractivity contribution in [3.05, 3.63) is 35.9 Å². The molecule has 17 heavy (non-hydrogen) atoms. The van der Waals surface area contributed by atoms with Crippen LogP contribution < -0.4 is 10.6 Å². The van der Waals surface area contributed by atoms with Crippen molar-refractivity contribution in [3.63, 3.8) is 0 Å². The van der Waals surface area contributed by atoms with Crippen LogP contribution in [0.4, 0.5) is 4.79 Å². The molecule has 2 rings (SSSR count). The van der Waals surface area contributed by atoms with Gasteiger partial charge in [0.25, 0.3) is 0 Å². The van der Waals surface area contributed by atoms with Crippen molar-refractivity contribution >= 4 is 12.0 Å². The molecule has 1 heterocycles. The molecule has 1 aliphatic rings. The minimum Gasteiger partial charge on any atom is -0.465 e. The van der Waals surface area contributed by atoms with E-state index in [1.807, 2.05) is 30.3 Å². The number of nitrogens with one attached hydrogen (secondary N) is 2. The van der Waals surface area contributed by atoms with Gasteiger partial charge < -0.3 is 15.7 Å². The summed E-state index contributed by atoms with van der Waals surface area (Å²) in [5.74, 6) is -0.492. The molecule has 0 bridgehead atoms. The van der Waals surface area contributed by atoms with Gasteiger partial charge in [-0.2, -0.15) is 0 Å². The minimum atomic E-state index is -1.11. The SMILES string of the molecule is C[C@@H]1C(=O)N[C@H](c2ccccc2)[C@H]1NC(=O)O. The number of hydrogen-bond donors (Lipinski definition) is 3. The third-order valence-corrected chi connectivity index (χ3v) is 3.06. The van der Waals surface area contributed by atoms with Crippen molar-refractivity contribution in [1.82, 2.24) is 10.6 Å². The van der Waals surface area contributed by atoms with Crippen LogP contribution in [0.1, 0.15) is 18.5 Å². The second-order valence-electron chi connectivity index (χ2n) is 4.16. The smallest absolute Gasteiger partial charge is 0.404 e. The van der Waals surface area contributed by atoms with Gasteiger partial charge in [-0.05, 0) is 5.56 Å². The first-order valence-electron chi connectivity index (χ1n) is 5.44. The van der Waals surface area contributed by atoms with Crippen LogP contribution in [0, 0.1) is 5.92 Å². The van der Waals surface area contributed by atoms with Crippen molar-refractivity contribution in [2.45, 2.75) is 19.0 Å². The van der Waals surface area contributed by atoms with E-state index in [4.69, 9.17) is 5.11 Å². The lowest BCUT2D eigenvalue weighted by atomic mass is 9.95. The second-order valence-corrected chi connectivity index (χ2v) is 4.16. The first-order valence-corrected chi connectivity index (χ1v) is 5.44. The van der Waals surface area contributed by atoms with E-state index in [0.29, 0.717) is 0 Å². The molecule has 0 aromatic heterocycles. The summed E-state index contributed by atoms with van der Waals surface area (Å²) in [5.41, 5.74) is 0.906. The highest BCUT2D eigenvalue weighted by molar-refractivity contribution is 5.83. The van der Waals surface area contributed by atoms with Crippen molar-refractivity contribution in [2.75, 3.05) is 0 Å². The van der Waals surface area contributed by atoms with Gasteiger partial charge in [0.1, 0.15) is 0 Å². The van der Waals surface area contributed by atoms with Crippen LogP contribution in [-0.4, -0.2) is 23.1 Å². The lowest BCUT2D eigenvalue weighted by molar-refractivity contribution is -0.122. The summed E-state index contributed by atoms with van der Waals surface area (Å²) in [6, 6.07) is 8.63.